The van der Waals surface area contributed by atoms with Crippen LogP contribution in [-0.4, -0.2) is 19.7 Å². The highest BCUT2D eigenvalue weighted by Crippen LogP contribution is 2.36. The molecule has 1 unspecified atom stereocenters. The topological polar surface area (TPSA) is 73.8 Å². The Bertz CT molecular complexity index is 1030. The molecule has 0 fully saturated rings. The predicted octanol–water partition coefficient (Wildman–Crippen LogP) is 3.75. The van der Waals surface area contributed by atoms with Crippen molar-refractivity contribution in [1.82, 2.24) is 19.7 Å². The molecule has 1 atom stereocenters. The Balaban J connectivity index is 1.77. The van der Waals surface area contributed by atoms with Crippen molar-refractivity contribution < 1.29 is 4.42 Å². The third-order valence-corrected chi connectivity index (χ3v) is 6.69. The molecule has 0 aromatic carbocycles. The van der Waals surface area contributed by atoms with E-state index in [0.29, 0.717) is 35.2 Å². The first-order chi connectivity index (χ1) is 12.6. The van der Waals surface area contributed by atoms with Gasteiger partial charge in [0, 0.05) is 18.3 Å². The molecule has 3 aromatic heterocycles. The van der Waals surface area contributed by atoms with Gasteiger partial charge in [0.25, 0.3) is 5.56 Å². The Morgan fingerprint density at radius 3 is 3.04 bits per heavy atom. The van der Waals surface area contributed by atoms with Crippen molar-refractivity contribution in [2.45, 2.75) is 50.6 Å². The van der Waals surface area contributed by atoms with Crippen LogP contribution in [0.25, 0.3) is 10.2 Å². The monoisotopic (exact) mass is 388 g/mol. The smallest absolute Gasteiger partial charge is 0.263 e. The van der Waals surface area contributed by atoms with Crippen molar-refractivity contribution in [2.24, 2.45) is 5.92 Å². The molecule has 1 aliphatic rings. The largest absolute Gasteiger partial charge is 0.425 e. The Morgan fingerprint density at radius 2 is 2.31 bits per heavy atom. The lowest BCUT2D eigenvalue weighted by molar-refractivity contribution is 0.485. The van der Waals surface area contributed by atoms with Gasteiger partial charge in [0.15, 0.2) is 5.16 Å². The summed E-state index contributed by atoms with van der Waals surface area (Å²) in [5, 5.41) is 9.33. The summed E-state index contributed by atoms with van der Waals surface area (Å²) in [5.74, 6) is 2.22. The van der Waals surface area contributed by atoms with E-state index in [1.807, 2.05) is 0 Å². The number of rotatable bonds is 5. The molecule has 0 spiro atoms. The number of thioether (sulfide) groups is 1. The van der Waals surface area contributed by atoms with Gasteiger partial charge < -0.3 is 4.42 Å². The van der Waals surface area contributed by atoms with Gasteiger partial charge in [-0.05, 0) is 30.7 Å². The number of aromatic nitrogens is 4. The maximum atomic E-state index is 13.2. The van der Waals surface area contributed by atoms with E-state index in [2.05, 4.69) is 23.7 Å². The van der Waals surface area contributed by atoms with E-state index in [4.69, 9.17) is 9.40 Å². The minimum absolute atomic E-state index is 0.0335. The molecule has 0 radical (unpaired) electrons. The highest BCUT2D eigenvalue weighted by atomic mass is 32.2. The number of hydrogen-bond donors (Lipinski definition) is 0. The molecule has 136 valence electrons. The quantitative estimate of drug-likeness (QED) is 0.376. The first-order valence-electron chi connectivity index (χ1n) is 8.64. The van der Waals surface area contributed by atoms with E-state index >= 15 is 0 Å². The van der Waals surface area contributed by atoms with Crippen molar-refractivity contribution >= 4 is 33.3 Å². The Kier molecular flexibility index (Phi) is 4.71. The van der Waals surface area contributed by atoms with Gasteiger partial charge in [0.2, 0.25) is 11.8 Å². The zero-order valence-electron chi connectivity index (χ0n) is 14.8. The summed E-state index contributed by atoms with van der Waals surface area (Å²) in [5.41, 5.74) is 1.24. The zero-order chi connectivity index (χ0) is 18.3. The molecule has 0 saturated heterocycles. The normalized spacial score (nSPS) is 16.8. The highest BCUT2D eigenvalue weighted by molar-refractivity contribution is 7.98. The minimum Gasteiger partial charge on any atom is -0.425 e. The van der Waals surface area contributed by atoms with Crippen molar-refractivity contribution in [3.8, 4) is 0 Å². The zero-order valence-corrected chi connectivity index (χ0v) is 16.5. The van der Waals surface area contributed by atoms with E-state index in [0.717, 1.165) is 29.5 Å². The molecular weight excluding hydrogens is 368 g/mol. The molecule has 3 heterocycles. The fraction of sp³-hybridized carbons (Fsp3) is 0.444. The molecule has 0 aliphatic heterocycles. The van der Waals surface area contributed by atoms with Crippen LogP contribution < -0.4 is 5.56 Å². The fourth-order valence-corrected chi connectivity index (χ4v) is 5.60. The number of nitrogens with zero attached hydrogens (tertiary/aromatic N) is 4. The number of aryl methyl sites for hydroxylation is 2. The summed E-state index contributed by atoms with van der Waals surface area (Å²) < 4.78 is 7.13. The Labute approximate surface area is 159 Å². The number of thiophene rings is 1. The van der Waals surface area contributed by atoms with Gasteiger partial charge in [-0.1, -0.05) is 24.8 Å². The Morgan fingerprint density at radius 1 is 1.46 bits per heavy atom. The number of allylic oxidation sites excluding steroid dienone is 1. The summed E-state index contributed by atoms with van der Waals surface area (Å²) in [7, 11) is 0. The molecule has 1 aliphatic carbocycles. The van der Waals surface area contributed by atoms with E-state index in [1.165, 1.54) is 22.2 Å². The van der Waals surface area contributed by atoms with Gasteiger partial charge >= 0.3 is 0 Å². The minimum atomic E-state index is 0.0335. The molecule has 4 rings (SSSR count). The van der Waals surface area contributed by atoms with Gasteiger partial charge in [-0.15, -0.1) is 28.1 Å². The van der Waals surface area contributed by atoms with Crippen LogP contribution in [0.15, 0.2) is 27.0 Å². The molecule has 0 bridgehead atoms. The van der Waals surface area contributed by atoms with Gasteiger partial charge in [-0.3, -0.25) is 9.36 Å². The third kappa shape index (κ3) is 3.12. The van der Waals surface area contributed by atoms with Crippen LogP contribution >= 0.6 is 23.1 Å². The summed E-state index contributed by atoms with van der Waals surface area (Å²) in [6, 6.07) is 0. The van der Waals surface area contributed by atoms with Crippen molar-refractivity contribution in [2.75, 3.05) is 0 Å². The van der Waals surface area contributed by atoms with E-state index < -0.39 is 0 Å². The summed E-state index contributed by atoms with van der Waals surface area (Å²) in [4.78, 5) is 20.2. The van der Waals surface area contributed by atoms with E-state index in [-0.39, 0.29) is 5.56 Å². The maximum Gasteiger partial charge on any atom is 0.263 e. The van der Waals surface area contributed by atoms with Crippen molar-refractivity contribution in [1.29, 1.82) is 0 Å². The van der Waals surface area contributed by atoms with Gasteiger partial charge in [0.1, 0.15) is 4.83 Å². The number of fused-ring (bicyclic) bond motifs is 3. The van der Waals surface area contributed by atoms with Gasteiger partial charge in [0.05, 0.1) is 11.1 Å². The van der Waals surface area contributed by atoms with Crippen LogP contribution in [0, 0.1) is 12.8 Å². The average molecular weight is 389 g/mol. The fourth-order valence-electron chi connectivity index (χ4n) is 3.33. The molecule has 8 heteroatoms. The lowest BCUT2D eigenvalue weighted by Crippen LogP contribution is -2.23. The number of hydrogen-bond acceptors (Lipinski definition) is 7. The van der Waals surface area contributed by atoms with E-state index in [1.54, 1.807) is 28.9 Å². The summed E-state index contributed by atoms with van der Waals surface area (Å²) >= 11 is 3.11. The molecule has 6 nitrogen and oxygen atoms in total. The van der Waals surface area contributed by atoms with Crippen molar-refractivity contribution in [3.05, 3.63) is 45.2 Å². The first kappa shape index (κ1) is 17.5. The van der Waals surface area contributed by atoms with Crippen LogP contribution in [0.4, 0.5) is 0 Å². The third-order valence-electron chi connectivity index (χ3n) is 4.58. The lowest BCUT2D eigenvalue weighted by Gasteiger charge is -2.17. The molecule has 26 heavy (non-hydrogen) atoms. The van der Waals surface area contributed by atoms with Crippen LogP contribution in [-0.2, 0) is 25.1 Å². The molecule has 0 amide bonds. The second kappa shape index (κ2) is 7.00. The van der Waals surface area contributed by atoms with Crippen molar-refractivity contribution in [3.63, 3.8) is 0 Å². The highest BCUT2D eigenvalue weighted by Gasteiger charge is 2.24. The standard InChI is InChI=1S/C18H20N4O2S2/c1-4-7-22-17(23)15-12-6-5-10(2)8-13(12)26-16(15)19-18(22)25-9-14-21-20-11(3)24-14/h4,10H,1,5-9H2,2-3H3. The predicted molar refractivity (Wildman–Crippen MR) is 104 cm³/mol. The van der Waals surface area contributed by atoms with E-state index in [9.17, 15) is 4.79 Å². The Hall–Kier alpha value is -1.93. The van der Waals surface area contributed by atoms with Crippen LogP contribution in [0.5, 0.6) is 0 Å². The first-order valence-corrected chi connectivity index (χ1v) is 10.4. The second-order valence-corrected chi connectivity index (χ2v) is 8.66. The average Bonchev–Trinajstić information content (AvgIpc) is 3.18. The molecule has 0 N–H and O–H groups in total. The SMILES string of the molecule is C=CCn1c(SCc2nnc(C)o2)nc2sc3c(c2c1=O)CCC(C)C3. The molecule has 3 aromatic rings. The second-order valence-electron chi connectivity index (χ2n) is 6.63. The van der Waals surface area contributed by atoms with Gasteiger partial charge in [-0.2, -0.15) is 0 Å². The van der Waals surface area contributed by atoms with Crippen LogP contribution in [0.3, 0.4) is 0 Å². The van der Waals surface area contributed by atoms with Crippen LogP contribution in [0.1, 0.15) is 35.6 Å². The molecule has 0 saturated carbocycles. The van der Waals surface area contributed by atoms with Gasteiger partial charge in [-0.25, -0.2) is 4.98 Å². The summed E-state index contributed by atoms with van der Waals surface area (Å²) in [6.45, 7) is 8.26. The maximum absolute atomic E-state index is 13.2. The lowest BCUT2D eigenvalue weighted by atomic mass is 9.89. The molecular formula is C18H20N4O2S2. The van der Waals surface area contributed by atoms with Crippen LogP contribution in [0.2, 0.25) is 0 Å². The summed E-state index contributed by atoms with van der Waals surface area (Å²) in [6.07, 6.45) is 4.87.